The van der Waals surface area contributed by atoms with Gasteiger partial charge >= 0.3 is 0 Å². The Bertz CT molecular complexity index is 118. The summed E-state index contributed by atoms with van der Waals surface area (Å²) in [5.41, 5.74) is -0.569. The minimum absolute atomic E-state index is 0.507. The molecule has 9 heavy (non-hydrogen) atoms. The van der Waals surface area contributed by atoms with E-state index in [1.165, 1.54) is 0 Å². The summed E-state index contributed by atoms with van der Waals surface area (Å²) in [4.78, 5) is 11.6. The molecule has 0 spiro atoms. The van der Waals surface area contributed by atoms with Crippen molar-refractivity contribution in [1.82, 2.24) is 4.90 Å². The average Bonchev–Trinajstić information content (AvgIpc) is 1.81. The van der Waals surface area contributed by atoms with Crippen LogP contribution in [-0.4, -0.2) is 35.1 Å². The van der Waals surface area contributed by atoms with Crippen LogP contribution in [0.5, 0.6) is 0 Å². The van der Waals surface area contributed by atoms with Crippen LogP contribution in [0.2, 0.25) is 0 Å². The first-order valence-corrected chi connectivity index (χ1v) is 3.12. The first-order chi connectivity index (χ1) is 4.20. The lowest BCUT2D eigenvalue weighted by atomic mass is 9.92. The monoisotopic (exact) mass is 129 g/mol. The molecule has 1 amide bonds. The Morgan fingerprint density at radius 3 is 2.67 bits per heavy atom. The van der Waals surface area contributed by atoms with Gasteiger partial charge in [-0.3, -0.25) is 4.79 Å². The molecule has 0 bridgehead atoms. The molecule has 0 aliphatic carbocycles. The summed E-state index contributed by atoms with van der Waals surface area (Å²) >= 11 is 0. The maximum absolute atomic E-state index is 10.0. The van der Waals surface area contributed by atoms with Gasteiger partial charge < -0.3 is 10.0 Å². The molecule has 1 heterocycles. The topological polar surface area (TPSA) is 40.5 Å². The summed E-state index contributed by atoms with van der Waals surface area (Å²) in [6.07, 6.45) is 1.50. The Balaban J connectivity index is 2.32. The van der Waals surface area contributed by atoms with Crippen molar-refractivity contribution >= 4 is 6.41 Å². The number of carbonyl (C=O) groups is 1. The number of β-amino-alcohol motifs (C(OH)–C–C–N with tert-alkyl or cyclic N) is 1. The SMILES string of the molecule is CCC1(O)CN(C=O)C1. The second kappa shape index (κ2) is 1.99. The number of nitrogens with zero attached hydrogens (tertiary/aromatic N) is 1. The van der Waals surface area contributed by atoms with E-state index in [2.05, 4.69) is 0 Å². The first kappa shape index (κ1) is 6.55. The molecule has 52 valence electrons. The van der Waals surface area contributed by atoms with Gasteiger partial charge in [-0.15, -0.1) is 0 Å². The van der Waals surface area contributed by atoms with E-state index in [1.807, 2.05) is 6.92 Å². The van der Waals surface area contributed by atoms with Gasteiger partial charge in [0, 0.05) is 0 Å². The Morgan fingerprint density at radius 1 is 1.78 bits per heavy atom. The predicted molar refractivity (Wildman–Crippen MR) is 32.9 cm³/mol. The van der Waals surface area contributed by atoms with Gasteiger partial charge in [0.05, 0.1) is 18.7 Å². The van der Waals surface area contributed by atoms with E-state index >= 15 is 0 Å². The Morgan fingerprint density at radius 2 is 2.33 bits per heavy atom. The fraction of sp³-hybridized carbons (Fsp3) is 0.833. The van der Waals surface area contributed by atoms with Gasteiger partial charge in [-0.25, -0.2) is 0 Å². The van der Waals surface area contributed by atoms with Gasteiger partial charge in [0.2, 0.25) is 6.41 Å². The highest BCUT2D eigenvalue weighted by Gasteiger charge is 2.38. The zero-order valence-electron chi connectivity index (χ0n) is 5.50. The molecule has 1 fully saturated rings. The fourth-order valence-electron chi connectivity index (χ4n) is 1.01. The number of amides is 1. The molecule has 1 aliphatic heterocycles. The van der Waals surface area contributed by atoms with Crippen molar-refractivity contribution in [1.29, 1.82) is 0 Å². The quantitative estimate of drug-likeness (QED) is 0.515. The van der Waals surface area contributed by atoms with Crippen LogP contribution in [0, 0.1) is 0 Å². The van der Waals surface area contributed by atoms with Gasteiger partial charge in [0.15, 0.2) is 0 Å². The molecule has 1 rings (SSSR count). The van der Waals surface area contributed by atoms with Crippen molar-refractivity contribution < 1.29 is 9.90 Å². The molecule has 0 aromatic carbocycles. The van der Waals surface area contributed by atoms with Crippen LogP contribution >= 0.6 is 0 Å². The number of aliphatic hydroxyl groups is 1. The first-order valence-electron chi connectivity index (χ1n) is 3.12. The summed E-state index contributed by atoms with van der Waals surface area (Å²) in [7, 11) is 0. The van der Waals surface area contributed by atoms with Crippen molar-refractivity contribution in [2.45, 2.75) is 18.9 Å². The van der Waals surface area contributed by atoms with E-state index in [0.29, 0.717) is 13.1 Å². The van der Waals surface area contributed by atoms with Gasteiger partial charge in [0.1, 0.15) is 0 Å². The predicted octanol–water partition coefficient (Wildman–Crippen LogP) is -0.401. The highest BCUT2D eigenvalue weighted by atomic mass is 16.3. The maximum atomic E-state index is 10.0. The molecule has 0 aromatic rings. The number of carbonyl (C=O) groups excluding carboxylic acids is 1. The third-order valence-electron chi connectivity index (χ3n) is 1.80. The third kappa shape index (κ3) is 1.05. The smallest absolute Gasteiger partial charge is 0.209 e. The standard InChI is InChI=1S/C6H11NO2/c1-2-6(9)3-7(4-6)5-8/h5,9H,2-4H2,1H3. The minimum Gasteiger partial charge on any atom is -0.386 e. The number of likely N-dealkylation sites (tertiary alicyclic amines) is 1. The molecule has 3 heteroatoms. The summed E-state index contributed by atoms with van der Waals surface area (Å²) in [6.45, 7) is 2.93. The molecule has 0 atom stereocenters. The molecule has 0 unspecified atom stereocenters. The van der Waals surface area contributed by atoms with Crippen LogP contribution in [0.4, 0.5) is 0 Å². The zero-order chi connectivity index (χ0) is 6.91. The maximum Gasteiger partial charge on any atom is 0.209 e. The van der Waals surface area contributed by atoms with Gasteiger partial charge in [-0.05, 0) is 6.42 Å². The van der Waals surface area contributed by atoms with Gasteiger partial charge in [-0.1, -0.05) is 6.92 Å². The Labute approximate surface area is 54.3 Å². The van der Waals surface area contributed by atoms with E-state index < -0.39 is 5.60 Å². The Hall–Kier alpha value is -0.570. The van der Waals surface area contributed by atoms with Gasteiger partial charge in [-0.2, -0.15) is 0 Å². The highest BCUT2D eigenvalue weighted by molar-refractivity contribution is 5.49. The van der Waals surface area contributed by atoms with Crippen molar-refractivity contribution in [2.24, 2.45) is 0 Å². The zero-order valence-corrected chi connectivity index (χ0v) is 5.50. The second-order valence-corrected chi connectivity index (χ2v) is 2.59. The lowest BCUT2D eigenvalue weighted by molar-refractivity contribution is -0.142. The van der Waals surface area contributed by atoms with Crippen LogP contribution < -0.4 is 0 Å². The van der Waals surface area contributed by atoms with E-state index in [9.17, 15) is 9.90 Å². The summed E-state index contributed by atoms with van der Waals surface area (Å²) < 4.78 is 0. The lowest BCUT2D eigenvalue weighted by Crippen LogP contribution is -2.60. The summed E-state index contributed by atoms with van der Waals surface area (Å²) in [5, 5.41) is 9.32. The lowest BCUT2D eigenvalue weighted by Gasteiger charge is -2.43. The third-order valence-corrected chi connectivity index (χ3v) is 1.80. The van der Waals surface area contributed by atoms with Crippen LogP contribution in [0.1, 0.15) is 13.3 Å². The summed E-state index contributed by atoms with van der Waals surface area (Å²) in [6, 6.07) is 0. The van der Waals surface area contributed by atoms with Gasteiger partial charge in [0.25, 0.3) is 0 Å². The summed E-state index contributed by atoms with van der Waals surface area (Å²) in [5.74, 6) is 0. The van der Waals surface area contributed by atoms with Crippen molar-refractivity contribution in [3.8, 4) is 0 Å². The van der Waals surface area contributed by atoms with E-state index in [0.717, 1.165) is 12.8 Å². The van der Waals surface area contributed by atoms with Crippen molar-refractivity contribution in [3.63, 3.8) is 0 Å². The largest absolute Gasteiger partial charge is 0.386 e. The van der Waals surface area contributed by atoms with E-state index in [-0.39, 0.29) is 0 Å². The molecule has 1 N–H and O–H groups in total. The fourth-order valence-corrected chi connectivity index (χ4v) is 1.01. The van der Waals surface area contributed by atoms with Crippen LogP contribution in [0.25, 0.3) is 0 Å². The van der Waals surface area contributed by atoms with E-state index in [1.54, 1.807) is 4.90 Å². The molecule has 0 aromatic heterocycles. The highest BCUT2D eigenvalue weighted by Crippen LogP contribution is 2.21. The normalized spacial score (nSPS) is 23.1. The molecule has 1 aliphatic rings. The van der Waals surface area contributed by atoms with Crippen molar-refractivity contribution in [2.75, 3.05) is 13.1 Å². The molecular formula is C6H11NO2. The molecular weight excluding hydrogens is 118 g/mol. The van der Waals surface area contributed by atoms with Crippen LogP contribution in [0.3, 0.4) is 0 Å². The minimum atomic E-state index is -0.569. The van der Waals surface area contributed by atoms with Crippen LogP contribution in [0.15, 0.2) is 0 Å². The number of hydrogen-bond donors (Lipinski definition) is 1. The number of hydrogen-bond acceptors (Lipinski definition) is 2. The molecule has 3 nitrogen and oxygen atoms in total. The average molecular weight is 129 g/mol. The Kier molecular flexibility index (Phi) is 1.45. The molecule has 0 radical (unpaired) electrons. The number of rotatable bonds is 2. The van der Waals surface area contributed by atoms with E-state index in [4.69, 9.17) is 0 Å². The second-order valence-electron chi connectivity index (χ2n) is 2.59. The molecule has 0 saturated carbocycles. The van der Waals surface area contributed by atoms with Crippen LogP contribution in [-0.2, 0) is 4.79 Å². The van der Waals surface area contributed by atoms with Crippen molar-refractivity contribution in [3.05, 3.63) is 0 Å². The molecule has 1 saturated heterocycles.